The lowest BCUT2D eigenvalue weighted by molar-refractivity contribution is -0.114. The number of pyridine rings is 1. The van der Waals surface area contributed by atoms with Crippen molar-refractivity contribution in [3.05, 3.63) is 36.0 Å². The third kappa shape index (κ3) is 5.75. The molecule has 31 heavy (non-hydrogen) atoms. The van der Waals surface area contributed by atoms with Crippen molar-refractivity contribution in [2.24, 2.45) is 0 Å². The molecule has 12 heteroatoms. The van der Waals surface area contributed by atoms with Crippen LogP contribution in [0.4, 0.5) is 26.1 Å². The maximum absolute atomic E-state index is 13.8. The quantitative estimate of drug-likeness (QED) is 0.558. The number of anilines is 3. The number of aryl methyl sites for hydroxylation is 1. The van der Waals surface area contributed by atoms with E-state index in [0.717, 1.165) is 6.92 Å². The normalized spacial score (nSPS) is 11.4. The van der Waals surface area contributed by atoms with Crippen LogP contribution in [0.1, 0.15) is 25.4 Å². The van der Waals surface area contributed by atoms with Gasteiger partial charge in [0.2, 0.25) is 11.7 Å². The van der Waals surface area contributed by atoms with Crippen LogP contribution in [-0.4, -0.2) is 49.6 Å². The van der Waals surface area contributed by atoms with E-state index in [1.807, 2.05) is 0 Å². The molecule has 3 rings (SSSR count). The molecule has 0 atom stereocenters. The predicted octanol–water partition coefficient (Wildman–Crippen LogP) is 2.90. The van der Waals surface area contributed by atoms with Gasteiger partial charge >= 0.3 is 5.92 Å². The molecule has 2 N–H and O–H groups in total. The average molecular weight is 432 g/mol. The Labute approximate surface area is 177 Å². The lowest BCUT2D eigenvalue weighted by Crippen LogP contribution is -2.14. The zero-order chi connectivity index (χ0) is 22.6. The molecule has 10 nitrogen and oxygen atoms in total. The first-order valence-corrected chi connectivity index (χ1v) is 9.34. The number of methoxy groups -OCH3 is 1. The van der Waals surface area contributed by atoms with Crippen molar-refractivity contribution >= 4 is 23.2 Å². The van der Waals surface area contributed by atoms with Crippen LogP contribution in [0.2, 0.25) is 0 Å². The summed E-state index contributed by atoms with van der Waals surface area (Å²) >= 11 is 0. The Morgan fingerprint density at radius 1 is 1.26 bits per heavy atom. The molecule has 0 saturated carbocycles. The van der Waals surface area contributed by atoms with E-state index in [2.05, 4.69) is 35.9 Å². The number of hydrogen-bond acceptors (Lipinski definition) is 8. The van der Waals surface area contributed by atoms with Gasteiger partial charge in [-0.25, -0.2) is 19.6 Å². The average Bonchev–Trinajstić information content (AvgIpc) is 3.13. The van der Waals surface area contributed by atoms with Crippen molar-refractivity contribution in [1.29, 1.82) is 0 Å². The number of ether oxygens (including phenoxy) is 1. The Balaban J connectivity index is 2.01. The van der Waals surface area contributed by atoms with Gasteiger partial charge in [-0.05, 0) is 6.92 Å². The van der Waals surface area contributed by atoms with E-state index in [1.165, 1.54) is 19.2 Å². The Kier molecular flexibility index (Phi) is 6.49. The first kappa shape index (κ1) is 22.2. The number of alkyl halides is 2. The minimum absolute atomic E-state index is 0.164. The molecule has 164 valence electrons. The molecule has 3 aromatic heterocycles. The van der Waals surface area contributed by atoms with Crippen molar-refractivity contribution in [2.45, 2.75) is 33.2 Å². The van der Waals surface area contributed by atoms with Crippen LogP contribution in [0.25, 0.3) is 11.3 Å². The molecule has 0 spiro atoms. The molecule has 0 unspecified atom stereocenters. The summed E-state index contributed by atoms with van der Waals surface area (Å²) in [5.74, 6) is -3.66. The number of carbonyl (C=O) groups excluding carboxylic acids is 1. The van der Waals surface area contributed by atoms with Gasteiger partial charge < -0.3 is 15.4 Å². The summed E-state index contributed by atoms with van der Waals surface area (Å²) in [5.41, 5.74) is 1.85. The van der Waals surface area contributed by atoms with Crippen LogP contribution < -0.4 is 10.6 Å². The number of nitrogens with one attached hydrogen (secondary N) is 2. The van der Waals surface area contributed by atoms with Crippen LogP contribution in [-0.2, 0) is 22.0 Å². The highest BCUT2D eigenvalue weighted by molar-refractivity contribution is 5.89. The number of aromatic nitrogens is 6. The van der Waals surface area contributed by atoms with E-state index >= 15 is 0 Å². The summed E-state index contributed by atoms with van der Waals surface area (Å²) in [6, 6.07) is 3.10. The number of amides is 1. The molecule has 0 radical (unpaired) electrons. The Morgan fingerprint density at radius 3 is 2.71 bits per heavy atom. The van der Waals surface area contributed by atoms with E-state index in [4.69, 9.17) is 4.74 Å². The van der Waals surface area contributed by atoms with Gasteiger partial charge in [-0.15, -0.1) is 5.10 Å². The molecule has 0 aliphatic heterocycles. The first-order chi connectivity index (χ1) is 14.7. The second-order valence-corrected chi connectivity index (χ2v) is 6.89. The SMILES string of the molecule is COCCn1cc(-c2cnc(NC(C)=O)cc2Nc2cc(C)nc(C(C)(F)F)n2)nn1. The van der Waals surface area contributed by atoms with Crippen molar-refractivity contribution < 1.29 is 18.3 Å². The monoisotopic (exact) mass is 432 g/mol. The van der Waals surface area contributed by atoms with Gasteiger partial charge in [-0.3, -0.25) is 4.79 Å². The first-order valence-electron chi connectivity index (χ1n) is 9.34. The van der Waals surface area contributed by atoms with Crippen LogP contribution in [0, 0.1) is 6.92 Å². The number of hydrogen-bond donors (Lipinski definition) is 2. The van der Waals surface area contributed by atoms with Crippen molar-refractivity contribution in [3.8, 4) is 11.3 Å². The van der Waals surface area contributed by atoms with E-state index in [0.29, 0.717) is 35.8 Å². The third-order valence-corrected chi connectivity index (χ3v) is 4.06. The number of rotatable bonds is 8. The lowest BCUT2D eigenvalue weighted by atomic mass is 10.1. The maximum atomic E-state index is 13.8. The molecule has 0 aromatic carbocycles. The number of halogens is 2. The third-order valence-electron chi connectivity index (χ3n) is 4.06. The molecule has 3 heterocycles. The van der Waals surface area contributed by atoms with E-state index in [9.17, 15) is 13.6 Å². The van der Waals surface area contributed by atoms with E-state index < -0.39 is 11.7 Å². The second kappa shape index (κ2) is 9.08. The topological polar surface area (TPSA) is 120 Å². The van der Waals surface area contributed by atoms with Gasteiger partial charge in [0.15, 0.2) is 0 Å². The Bertz CT molecular complexity index is 1080. The van der Waals surface area contributed by atoms with Crippen LogP contribution in [0.5, 0.6) is 0 Å². The summed E-state index contributed by atoms with van der Waals surface area (Å²) in [6.07, 6.45) is 3.21. The minimum atomic E-state index is -3.20. The second-order valence-electron chi connectivity index (χ2n) is 6.89. The van der Waals surface area contributed by atoms with E-state index in [-0.39, 0.29) is 17.5 Å². The highest BCUT2D eigenvalue weighted by atomic mass is 19.3. The van der Waals surface area contributed by atoms with Gasteiger partial charge in [-0.1, -0.05) is 5.21 Å². The summed E-state index contributed by atoms with van der Waals surface area (Å²) in [5, 5.41) is 13.8. The fraction of sp³-hybridized carbons (Fsp3) is 0.368. The molecule has 0 aliphatic rings. The standard InChI is InChI=1S/C19H22F2N8O2/c1-11-7-17(26-18(23-11)19(3,20)21)25-14-8-16(24-12(2)30)22-9-13(14)15-10-29(28-27-15)5-6-31-4/h7-10H,5-6H2,1-4H3,(H2,22,23,24,25,26,30). The zero-order valence-electron chi connectivity index (χ0n) is 17.5. The molecule has 1 amide bonds. The maximum Gasteiger partial charge on any atom is 0.303 e. The highest BCUT2D eigenvalue weighted by Crippen LogP contribution is 2.31. The number of nitrogens with zero attached hydrogens (tertiary/aromatic N) is 6. The molecule has 0 saturated heterocycles. The fourth-order valence-corrected chi connectivity index (χ4v) is 2.69. The van der Waals surface area contributed by atoms with Gasteiger partial charge in [-0.2, -0.15) is 8.78 Å². The molecular formula is C19H22F2N8O2. The van der Waals surface area contributed by atoms with Crippen LogP contribution in [0.15, 0.2) is 24.5 Å². The molecule has 0 bridgehead atoms. The van der Waals surface area contributed by atoms with Crippen molar-refractivity contribution in [1.82, 2.24) is 29.9 Å². The summed E-state index contributed by atoms with van der Waals surface area (Å²) in [4.78, 5) is 23.4. The largest absolute Gasteiger partial charge is 0.383 e. The van der Waals surface area contributed by atoms with Crippen molar-refractivity contribution in [3.63, 3.8) is 0 Å². The van der Waals surface area contributed by atoms with Gasteiger partial charge in [0.05, 0.1) is 25.0 Å². The van der Waals surface area contributed by atoms with Gasteiger partial charge in [0, 0.05) is 50.5 Å². The Hall–Kier alpha value is -3.54. The molecule has 3 aromatic rings. The Morgan fingerprint density at radius 2 is 2.03 bits per heavy atom. The summed E-state index contributed by atoms with van der Waals surface area (Å²) in [6.45, 7) is 4.65. The highest BCUT2D eigenvalue weighted by Gasteiger charge is 2.29. The molecule has 0 fully saturated rings. The zero-order valence-corrected chi connectivity index (χ0v) is 17.5. The summed E-state index contributed by atoms with van der Waals surface area (Å²) < 4.78 is 34.2. The summed E-state index contributed by atoms with van der Waals surface area (Å²) in [7, 11) is 1.59. The smallest absolute Gasteiger partial charge is 0.303 e. The van der Waals surface area contributed by atoms with E-state index in [1.54, 1.807) is 31.0 Å². The van der Waals surface area contributed by atoms with Crippen molar-refractivity contribution in [2.75, 3.05) is 24.4 Å². The van der Waals surface area contributed by atoms with Gasteiger partial charge in [0.1, 0.15) is 17.3 Å². The predicted molar refractivity (Wildman–Crippen MR) is 109 cm³/mol. The number of carbonyl (C=O) groups is 1. The molecular weight excluding hydrogens is 410 g/mol. The minimum Gasteiger partial charge on any atom is -0.383 e. The molecule has 0 aliphatic carbocycles. The van der Waals surface area contributed by atoms with Crippen LogP contribution in [0.3, 0.4) is 0 Å². The van der Waals surface area contributed by atoms with Crippen LogP contribution >= 0.6 is 0 Å². The fourth-order valence-electron chi connectivity index (χ4n) is 2.69. The lowest BCUT2D eigenvalue weighted by Gasteiger charge is -2.14. The van der Waals surface area contributed by atoms with Gasteiger partial charge in [0.25, 0.3) is 0 Å².